The molecule has 0 aliphatic rings. The Morgan fingerprint density at radius 2 is 2.28 bits per heavy atom. The molecule has 0 unspecified atom stereocenters. The van der Waals surface area contributed by atoms with E-state index >= 15 is 0 Å². The van der Waals surface area contributed by atoms with Crippen molar-refractivity contribution in [3.63, 3.8) is 0 Å². The van der Waals surface area contributed by atoms with Crippen LogP contribution >= 0.6 is 0 Å². The average molecular weight is 240 g/mol. The van der Waals surface area contributed by atoms with Gasteiger partial charge >= 0.3 is 5.97 Å². The van der Waals surface area contributed by atoms with Gasteiger partial charge in [-0.3, -0.25) is 9.38 Å². The second-order valence-electron chi connectivity index (χ2n) is 3.71. The first kappa shape index (κ1) is 10.4. The van der Waals surface area contributed by atoms with Crippen LogP contribution in [-0.4, -0.2) is 30.4 Å². The van der Waals surface area contributed by atoms with Crippen LogP contribution in [-0.2, 0) is 0 Å². The number of fused-ring (bicyclic) bond motifs is 1. The zero-order chi connectivity index (χ0) is 12.5. The zero-order valence-corrected chi connectivity index (χ0v) is 9.19. The Labute approximate surface area is 102 Å². The van der Waals surface area contributed by atoms with Gasteiger partial charge in [0.25, 0.3) is 0 Å². The van der Waals surface area contributed by atoms with Gasteiger partial charge in [-0.2, -0.15) is 0 Å². The van der Waals surface area contributed by atoms with E-state index < -0.39 is 5.97 Å². The number of rotatable bonds is 2. The normalized spacial score (nSPS) is 10.7. The topological polar surface area (TPSA) is 80.4 Å². The molecule has 0 aliphatic heterocycles. The summed E-state index contributed by atoms with van der Waals surface area (Å²) < 4.78 is 1.57. The first-order chi connectivity index (χ1) is 8.74. The molecular weight excluding hydrogens is 232 g/mol. The van der Waals surface area contributed by atoms with E-state index in [4.69, 9.17) is 5.11 Å². The molecule has 3 aromatic rings. The second kappa shape index (κ2) is 3.92. The van der Waals surface area contributed by atoms with Gasteiger partial charge < -0.3 is 5.11 Å². The van der Waals surface area contributed by atoms with Crippen molar-refractivity contribution in [1.82, 2.24) is 19.4 Å². The molecule has 0 spiro atoms. The number of carboxylic acid groups (broad SMARTS) is 1. The second-order valence-corrected chi connectivity index (χ2v) is 3.71. The number of pyridine rings is 1. The summed E-state index contributed by atoms with van der Waals surface area (Å²) in [4.78, 5) is 23.1. The maximum Gasteiger partial charge on any atom is 0.356 e. The molecule has 0 saturated heterocycles. The van der Waals surface area contributed by atoms with Crippen LogP contribution in [0.15, 0.2) is 43.1 Å². The number of imidazole rings is 1. The Hall–Kier alpha value is -2.76. The maximum atomic E-state index is 10.8. The van der Waals surface area contributed by atoms with Gasteiger partial charge in [-0.25, -0.2) is 14.8 Å². The monoisotopic (exact) mass is 240 g/mol. The smallest absolute Gasteiger partial charge is 0.356 e. The highest BCUT2D eigenvalue weighted by Gasteiger charge is 2.09. The van der Waals surface area contributed by atoms with Gasteiger partial charge in [-0.05, 0) is 12.1 Å². The predicted molar refractivity (Wildman–Crippen MR) is 63.2 cm³/mol. The van der Waals surface area contributed by atoms with Crippen LogP contribution < -0.4 is 0 Å². The maximum absolute atomic E-state index is 10.8. The van der Waals surface area contributed by atoms with E-state index in [0.29, 0.717) is 11.3 Å². The predicted octanol–water partition coefficient (Wildman–Crippen LogP) is 1.49. The van der Waals surface area contributed by atoms with Gasteiger partial charge in [0.05, 0.1) is 5.69 Å². The fourth-order valence-corrected chi connectivity index (χ4v) is 1.67. The Bertz CT molecular complexity index is 721. The lowest BCUT2D eigenvalue weighted by Crippen LogP contribution is -1.94. The first-order valence-corrected chi connectivity index (χ1v) is 5.22. The Balaban J connectivity index is 2.14. The summed E-state index contributed by atoms with van der Waals surface area (Å²) >= 11 is 0. The van der Waals surface area contributed by atoms with Crippen molar-refractivity contribution < 1.29 is 9.90 Å². The third-order valence-corrected chi connectivity index (χ3v) is 2.52. The molecule has 1 N–H and O–H groups in total. The van der Waals surface area contributed by atoms with E-state index in [0.717, 1.165) is 5.56 Å². The first-order valence-electron chi connectivity index (χ1n) is 5.22. The highest BCUT2D eigenvalue weighted by Crippen LogP contribution is 2.16. The molecule has 3 heterocycles. The Morgan fingerprint density at radius 1 is 1.39 bits per heavy atom. The van der Waals surface area contributed by atoms with Gasteiger partial charge in [0.2, 0.25) is 0 Å². The molecule has 0 bridgehead atoms. The molecule has 0 aliphatic carbocycles. The standard InChI is InChI=1S/C12H8N4O2/c17-12(18)10-6-16-7-14-9(4-11(16)15-10)8-2-1-3-13-5-8/h1-7H,(H,17,18). The lowest BCUT2D eigenvalue weighted by molar-refractivity contribution is 0.0691. The number of carbonyl (C=O) groups is 1. The lowest BCUT2D eigenvalue weighted by Gasteiger charge is -1.99. The Morgan fingerprint density at radius 3 is 3.00 bits per heavy atom. The highest BCUT2D eigenvalue weighted by molar-refractivity contribution is 5.86. The number of nitrogens with zero attached hydrogens (tertiary/aromatic N) is 4. The van der Waals surface area contributed by atoms with Crippen molar-refractivity contribution in [2.45, 2.75) is 0 Å². The number of aromatic carboxylic acids is 1. The molecule has 6 nitrogen and oxygen atoms in total. The van der Waals surface area contributed by atoms with Gasteiger partial charge in [-0.1, -0.05) is 0 Å². The van der Waals surface area contributed by atoms with Crippen molar-refractivity contribution in [2.75, 3.05) is 0 Å². The minimum absolute atomic E-state index is 0.000127. The van der Waals surface area contributed by atoms with Gasteiger partial charge in [0.1, 0.15) is 12.0 Å². The van der Waals surface area contributed by atoms with Crippen molar-refractivity contribution in [2.24, 2.45) is 0 Å². The number of carboxylic acids is 1. The number of aromatic nitrogens is 4. The minimum atomic E-state index is -1.05. The van der Waals surface area contributed by atoms with Crippen LogP contribution in [0.3, 0.4) is 0 Å². The molecule has 0 amide bonds. The summed E-state index contributed by atoms with van der Waals surface area (Å²) in [6.45, 7) is 0. The summed E-state index contributed by atoms with van der Waals surface area (Å²) in [7, 11) is 0. The number of hydrogen-bond acceptors (Lipinski definition) is 4. The fourth-order valence-electron chi connectivity index (χ4n) is 1.67. The average Bonchev–Trinajstić information content (AvgIpc) is 2.82. The summed E-state index contributed by atoms with van der Waals surface area (Å²) in [5, 5.41) is 8.87. The van der Waals surface area contributed by atoms with Crippen molar-refractivity contribution in [1.29, 1.82) is 0 Å². The van der Waals surface area contributed by atoms with Crippen LogP contribution in [0.2, 0.25) is 0 Å². The van der Waals surface area contributed by atoms with Crippen molar-refractivity contribution in [3.05, 3.63) is 48.8 Å². The SMILES string of the molecule is O=C(O)c1cn2cnc(-c3cccnc3)cc2n1. The van der Waals surface area contributed by atoms with Crippen LogP contribution in [0, 0.1) is 0 Å². The molecule has 88 valence electrons. The van der Waals surface area contributed by atoms with Crippen molar-refractivity contribution >= 4 is 11.6 Å². The molecule has 0 aromatic carbocycles. The summed E-state index contributed by atoms with van der Waals surface area (Å²) in [6.07, 6.45) is 6.34. The summed E-state index contributed by atoms with van der Waals surface area (Å²) in [5.74, 6) is -1.05. The molecule has 0 fully saturated rings. The molecule has 3 aromatic heterocycles. The van der Waals surface area contributed by atoms with E-state index in [1.807, 2.05) is 12.1 Å². The lowest BCUT2D eigenvalue weighted by atomic mass is 10.2. The van der Waals surface area contributed by atoms with E-state index in [-0.39, 0.29) is 5.69 Å². The molecular formula is C12H8N4O2. The quantitative estimate of drug-likeness (QED) is 0.734. The van der Waals surface area contributed by atoms with E-state index in [1.54, 1.807) is 22.9 Å². The third-order valence-electron chi connectivity index (χ3n) is 2.52. The molecule has 0 atom stereocenters. The third kappa shape index (κ3) is 1.69. The molecule has 0 saturated carbocycles. The van der Waals surface area contributed by atoms with E-state index in [2.05, 4.69) is 15.0 Å². The van der Waals surface area contributed by atoms with Gasteiger partial charge in [0.15, 0.2) is 5.69 Å². The Kier molecular flexibility index (Phi) is 2.26. The molecule has 0 radical (unpaired) electrons. The van der Waals surface area contributed by atoms with E-state index in [9.17, 15) is 4.79 Å². The minimum Gasteiger partial charge on any atom is -0.476 e. The molecule has 6 heteroatoms. The largest absolute Gasteiger partial charge is 0.476 e. The van der Waals surface area contributed by atoms with E-state index in [1.165, 1.54) is 12.5 Å². The van der Waals surface area contributed by atoms with Crippen LogP contribution in [0.1, 0.15) is 10.5 Å². The van der Waals surface area contributed by atoms with Crippen LogP contribution in [0.25, 0.3) is 16.9 Å². The zero-order valence-electron chi connectivity index (χ0n) is 9.19. The van der Waals surface area contributed by atoms with Gasteiger partial charge in [-0.15, -0.1) is 0 Å². The van der Waals surface area contributed by atoms with Gasteiger partial charge in [0, 0.05) is 30.2 Å². The van der Waals surface area contributed by atoms with Crippen molar-refractivity contribution in [3.8, 4) is 11.3 Å². The van der Waals surface area contributed by atoms with Crippen LogP contribution in [0.4, 0.5) is 0 Å². The summed E-state index contributed by atoms with van der Waals surface area (Å²) in [5.41, 5.74) is 2.11. The summed E-state index contributed by atoms with van der Waals surface area (Å²) in [6, 6.07) is 5.42. The molecule has 18 heavy (non-hydrogen) atoms. The number of hydrogen-bond donors (Lipinski definition) is 1. The van der Waals surface area contributed by atoms with Crippen LogP contribution in [0.5, 0.6) is 0 Å². The highest BCUT2D eigenvalue weighted by atomic mass is 16.4. The fraction of sp³-hybridized carbons (Fsp3) is 0. The molecule has 3 rings (SSSR count).